The summed E-state index contributed by atoms with van der Waals surface area (Å²) in [7, 11) is 0. The lowest BCUT2D eigenvalue weighted by atomic mass is 9.93. The largest absolute Gasteiger partial charge is 0.458 e. The van der Waals surface area contributed by atoms with Gasteiger partial charge in [-0.25, -0.2) is 19.4 Å². The molecule has 4 rings (SSSR count). The highest BCUT2D eigenvalue weighted by molar-refractivity contribution is 6.06. The predicted molar refractivity (Wildman–Crippen MR) is 182 cm³/mol. The normalized spacial score (nSPS) is 16.8. The molecule has 14 nitrogen and oxygen atoms in total. The number of urea groups is 1. The second-order valence-electron chi connectivity index (χ2n) is 14.4. The molecular weight excluding hydrogens is 630 g/mol. The molecule has 1 aromatic carbocycles. The van der Waals surface area contributed by atoms with Crippen molar-refractivity contribution < 1.29 is 33.4 Å². The molecule has 0 bridgehead atoms. The molecular formula is C35H47N7O7. The van der Waals surface area contributed by atoms with E-state index >= 15 is 0 Å². The van der Waals surface area contributed by atoms with Gasteiger partial charge in [0.15, 0.2) is 0 Å². The number of benzene rings is 1. The van der Waals surface area contributed by atoms with E-state index in [4.69, 9.17) is 15.2 Å². The van der Waals surface area contributed by atoms with E-state index in [9.17, 15) is 24.0 Å². The molecule has 0 radical (unpaired) electrons. The average molecular weight is 678 g/mol. The van der Waals surface area contributed by atoms with E-state index in [1.54, 1.807) is 71.0 Å². The number of aromatic nitrogens is 1. The van der Waals surface area contributed by atoms with Crippen LogP contribution in [0.15, 0.2) is 47.8 Å². The number of pyridine rings is 1. The van der Waals surface area contributed by atoms with Crippen LogP contribution in [0.1, 0.15) is 84.4 Å². The van der Waals surface area contributed by atoms with Gasteiger partial charge >= 0.3 is 18.1 Å². The van der Waals surface area contributed by atoms with Gasteiger partial charge in [0.1, 0.15) is 17.2 Å². The van der Waals surface area contributed by atoms with Crippen LogP contribution >= 0.6 is 0 Å². The molecule has 0 saturated heterocycles. The third-order valence-corrected chi connectivity index (χ3v) is 7.76. The Morgan fingerprint density at radius 1 is 1.00 bits per heavy atom. The Hall–Kier alpha value is -5.01. The molecule has 5 amide bonds. The highest BCUT2D eigenvalue weighted by atomic mass is 16.6. The zero-order valence-electron chi connectivity index (χ0n) is 29.3. The van der Waals surface area contributed by atoms with Crippen molar-refractivity contribution >= 4 is 41.3 Å². The Labute approximate surface area is 287 Å². The summed E-state index contributed by atoms with van der Waals surface area (Å²) in [6, 6.07) is 7.67. The standard InChI is InChI=1S/C35H47N7O7/c1-22-17-29(44)42(16-8-15-41(33(47)49-35(5,6)7)27(18-28(36)43)31(45)48-34(2,3)4)39-30(22)23-9-11-26(12-10-23)38-32(46)40-20-24-13-14-37-19-25(24)21-40/h9-14,19,22,27H,8,15-18,20-21H2,1-7H3,(H2,36,43)(H,38,46)/t22?,27-/m0/s1. The number of nitrogens with two attached hydrogens (primary N) is 1. The first-order chi connectivity index (χ1) is 22.9. The fourth-order valence-corrected chi connectivity index (χ4v) is 5.52. The number of rotatable bonds is 10. The molecule has 264 valence electrons. The van der Waals surface area contributed by atoms with Crippen molar-refractivity contribution in [3.8, 4) is 0 Å². The number of carbonyl (C=O) groups is 5. The fraction of sp³-hybridized carbons (Fsp3) is 0.514. The minimum atomic E-state index is -1.32. The summed E-state index contributed by atoms with van der Waals surface area (Å²) in [6.45, 7) is 13.1. The number of carbonyl (C=O) groups excluding carboxylic acids is 5. The Balaban J connectivity index is 1.45. The van der Waals surface area contributed by atoms with Gasteiger partial charge in [0, 0.05) is 56.6 Å². The summed E-state index contributed by atoms with van der Waals surface area (Å²) in [5, 5.41) is 8.96. The maximum atomic E-state index is 13.3. The summed E-state index contributed by atoms with van der Waals surface area (Å²) >= 11 is 0. The molecule has 3 N–H and O–H groups in total. The molecule has 2 aromatic rings. The third kappa shape index (κ3) is 10.2. The number of esters is 1. The van der Waals surface area contributed by atoms with Crippen LogP contribution in [0.25, 0.3) is 0 Å². The minimum Gasteiger partial charge on any atom is -0.458 e. The molecule has 0 aliphatic carbocycles. The molecule has 1 unspecified atom stereocenters. The number of hydrogen-bond acceptors (Lipinski definition) is 9. The van der Waals surface area contributed by atoms with E-state index in [0.717, 1.165) is 21.6 Å². The zero-order valence-corrected chi connectivity index (χ0v) is 29.3. The van der Waals surface area contributed by atoms with Crippen molar-refractivity contribution in [3.05, 3.63) is 59.4 Å². The fourth-order valence-electron chi connectivity index (χ4n) is 5.52. The van der Waals surface area contributed by atoms with E-state index in [1.165, 1.54) is 5.01 Å². The smallest absolute Gasteiger partial charge is 0.411 e. The van der Waals surface area contributed by atoms with Gasteiger partial charge in [0.2, 0.25) is 11.8 Å². The van der Waals surface area contributed by atoms with E-state index in [1.807, 2.05) is 25.1 Å². The molecule has 2 aliphatic heterocycles. The predicted octanol–water partition coefficient (Wildman–Crippen LogP) is 4.41. The third-order valence-electron chi connectivity index (χ3n) is 7.76. The van der Waals surface area contributed by atoms with Gasteiger partial charge in [-0.15, -0.1) is 0 Å². The number of fused-ring (bicyclic) bond motifs is 1. The second kappa shape index (κ2) is 15.0. The lowest BCUT2D eigenvalue weighted by Gasteiger charge is -2.34. The molecule has 2 aliphatic rings. The number of hydrazone groups is 1. The first-order valence-corrected chi connectivity index (χ1v) is 16.4. The Bertz CT molecular complexity index is 1570. The quantitative estimate of drug-likeness (QED) is 0.347. The lowest BCUT2D eigenvalue weighted by molar-refractivity contribution is -0.162. The maximum Gasteiger partial charge on any atom is 0.411 e. The van der Waals surface area contributed by atoms with Gasteiger partial charge in [0.05, 0.1) is 12.1 Å². The highest BCUT2D eigenvalue weighted by Gasteiger charge is 2.37. The van der Waals surface area contributed by atoms with Crippen LogP contribution in [0, 0.1) is 5.92 Å². The van der Waals surface area contributed by atoms with Crippen LogP contribution in [0.2, 0.25) is 0 Å². The molecule has 14 heteroatoms. The molecule has 0 spiro atoms. The van der Waals surface area contributed by atoms with Crippen LogP contribution < -0.4 is 11.1 Å². The summed E-state index contributed by atoms with van der Waals surface area (Å²) < 4.78 is 11.1. The number of hydrogen-bond donors (Lipinski definition) is 2. The van der Waals surface area contributed by atoms with Crippen LogP contribution in [-0.2, 0) is 36.9 Å². The SMILES string of the molecule is CC1CC(=O)N(CCCN(C(=O)OC(C)(C)C)[C@@H](CC(N)=O)C(=O)OC(C)(C)C)N=C1c1ccc(NC(=O)N2Cc3ccncc3C2)cc1. The number of amides is 5. The molecule has 0 fully saturated rings. The first-order valence-electron chi connectivity index (χ1n) is 16.4. The van der Waals surface area contributed by atoms with Crippen LogP contribution in [0.3, 0.4) is 0 Å². The van der Waals surface area contributed by atoms with E-state index < -0.39 is 41.6 Å². The molecule has 1 aromatic heterocycles. The van der Waals surface area contributed by atoms with Crippen molar-refractivity contribution in [1.82, 2.24) is 19.8 Å². The number of nitrogens with one attached hydrogen (secondary N) is 1. The topological polar surface area (TPSA) is 177 Å². The Morgan fingerprint density at radius 3 is 2.27 bits per heavy atom. The summed E-state index contributed by atoms with van der Waals surface area (Å²) in [5.74, 6) is -1.93. The van der Waals surface area contributed by atoms with E-state index in [0.29, 0.717) is 24.5 Å². The minimum absolute atomic E-state index is 0.0384. The van der Waals surface area contributed by atoms with Gasteiger partial charge in [-0.05, 0) is 82.9 Å². The van der Waals surface area contributed by atoms with Gasteiger partial charge in [-0.3, -0.25) is 19.5 Å². The Kier molecular flexibility index (Phi) is 11.3. The number of ether oxygens (including phenoxy) is 2. The van der Waals surface area contributed by atoms with Crippen LogP contribution in [0.5, 0.6) is 0 Å². The van der Waals surface area contributed by atoms with Crippen molar-refractivity contribution in [3.63, 3.8) is 0 Å². The van der Waals surface area contributed by atoms with Crippen molar-refractivity contribution in [2.24, 2.45) is 16.8 Å². The zero-order chi connectivity index (χ0) is 36.1. The van der Waals surface area contributed by atoms with Crippen LogP contribution in [0.4, 0.5) is 15.3 Å². The number of anilines is 1. The summed E-state index contributed by atoms with van der Waals surface area (Å²) in [4.78, 5) is 71.3. The molecule has 0 saturated carbocycles. The monoisotopic (exact) mass is 677 g/mol. The van der Waals surface area contributed by atoms with E-state index in [-0.39, 0.29) is 43.8 Å². The Morgan fingerprint density at radius 2 is 1.65 bits per heavy atom. The number of nitrogens with zero attached hydrogens (tertiary/aromatic N) is 5. The van der Waals surface area contributed by atoms with Crippen molar-refractivity contribution in [2.75, 3.05) is 18.4 Å². The first kappa shape index (κ1) is 36.8. The van der Waals surface area contributed by atoms with Crippen LogP contribution in [-0.4, -0.2) is 85.7 Å². The van der Waals surface area contributed by atoms with Gasteiger partial charge in [0.25, 0.3) is 0 Å². The molecule has 49 heavy (non-hydrogen) atoms. The second-order valence-corrected chi connectivity index (χ2v) is 14.4. The lowest BCUT2D eigenvalue weighted by Crippen LogP contribution is -2.51. The average Bonchev–Trinajstić information content (AvgIpc) is 3.43. The van der Waals surface area contributed by atoms with Crippen molar-refractivity contribution in [1.29, 1.82) is 0 Å². The van der Waals surface area contributed by atoms with Gasteiger partial charge < -0.3 is 25.4 Å². The van der Waals surface area contributed by atoms with Gasteiger partial charge in [-0.2, -0.15) is 5.10 Å². The van der Waals surface area contributed by atoms with Gasteiger partial charge in [-0.1, -0.05) is 19.1 Å². The summed E-state index contributed by atoms with van der Waals surface area (Å²) in [6.07, 6.45) is 2.66. The van der Waals surface area contributed by atoms with Crippen molar-refractivity contribution in [2.45, 2.75) is 98.1 Å². The molecule has 3 heterocycles. The molecule has 2 atom stereocenters. The highest BCUT2D eigenvalue weighted by Crippen LogP contribution is 2.25. The number of primary amides is 1. The van der Waals surface area contributed by atoms with E-state index in [2.05, 4.69) is 15.4 Å². The summed E-state index contributed by atoms with van der Waals surface area (Å²) in [5.41, 5.74) is 7.93. The maximum absolute atomic E-state index is 13.3.